The number of ether oxygens (including phenoxy) is 1. The van der Waals surface area contributed by atoms with Gasteiger partial charge in [-0.2, -0.15) is 0 Å². The number of halogens is 2. The number of aromatic nitrogens is 2. The van der Waals surface area contributed by atoms with Crippen LogP contribution in [0, 0.1) is 0 Å². The molecule has 24 heavy (non-hydrogen) atoms. The topological polar surface area (TPSA) is 67.4 Å². The first kappa shape index (κ1) is 16.8. The van der Waals surface area contributed by atoms with E-state index in [-0.39, 0.29) is 18.1 Å². The lowest BCUT2D eigenvalue weighted by Gasteiger charge is -2.32. The third-order valence-corrected chi connectivity index (χ3v) is 4.04. The molecule has 1 aliphatic rings. The zero-order valence-corrected chi connectivity index (χ0v) is 14.3. The summed E-state index contributed by atoms with van der Waals surface area (Å²) in [6, 6.07) is 7.14. The summed E-state index contributed by atoms with van der Waals surface area (Å²) in [7, 11) is 0. The smallest absolute Gasteiger partial charge is 0.321 e. The lowest BCUT2D eigenvalue weighted by atomic mass is 10.1. The van der Waals surface area contributed by atoms with Gasteiger partial charge >= 0.3 is 12.0 Å². The number of nitrogens with zero attached hydrogens (tertiary/aromatic N) is 3. The Hall–Kier alpha value is -2.05. The van der Waals surface area contributed by atoms with Crippen molar-refractivity contribution in [1.29, 1.82) is 0 Å². The van der Waals surface area contributed by atoms with Crippen molar-refractivity contribution in [3.05, 3.63) is 46.7 Å². The summed E-state index contributed by atoms with van der Waals surface area (Å²) in [5.41, 5.74) is 0.663. The maximum Gasteiger partial charge on any atom is 0.321 e. The molecule has 1 saturated heterocycles. The van der Waals surface area contributed by atoms with Crippen molar-refractivity contribution < 1.29 is 9.53 Å². The van der Waals surface area contributed by atoms with Crippen LogP contribution in [-0.2, 0) is 0 Å². The molecule has 8 heteroatoms. The maximum absolute atomic E-state index is 12.4. The van der Waals surface area contributed by atoms with Gasteiger partial charge in [0.2, 0.25) is 0 Å². The highest BCUT2D eigenvalue weighted by atomic mass is 35.5. The van der Waals surface area contributed by atoms with Crippen LogP contribution in [0.1, 0.15) is 12.8 Å². The lowest BCUT2D eigenvalue weighted by Crippen LogP contribution is -2.46. The van der Waals surface area contributed by atoms with Gasteiger partial charge in [0.05, 0.1) is 24.0 Å². The van der Waals surface area contributed by atoms with Crippen LogP contribution in [0.3, 0.4) is 0 Å². The van der Waals surface area contributed by atoms with Crippen LogP contribution in [-0.4, -0.2) is 40.1 Å². The van der Waals surface area contributed by atoms with Crippen molar-refractivity contribution in [2.75, 3.05) is 18.4 Å². The van der Waals surface area contributed by atoms with E-state index in [0.717, 1.165) is 12.8 Å². The Balaban J connectivity index is 1.58. The number of benzene rings is 1. The normalized spacial score (nSPS) is 17.4. The van der Waals surface area contributed by atoms with E-state index in [1.54, 1.807) is 29.2 Å². The van der Waals surface area contributed by atoms with E-state index in [1.807, 2.05) is 0 Å². The number of nitrogens with one attached hydrogen (secondary N) is 1. The summed E-state index contributed by atoms with van der Waals surface area (Å²) < 4.78 is 5.74. The Kier molecular flexibility index (Phi) is 5.37. The SMILES string of the molecule is O=C(Nc1cccc(Cl)c1)N1CCC[C@@H](Oc2ncc(Cl)cn2)C1. The maximum atomic E-state index is 12.4. The van der Waals surface area contributed by atoms with Crippen molar-refractivity contribution in [2.24, 2.45) is 0 Å². The van der Waals surface area contributed by atoms with Crippen LogP contribution >= 0.6 is 23.2 Å². The third-order valence-electron chi connectivity index (χ3n) is 3.61. The number of amides is 2. The fourth-order valence-corrected chi connectivity index (χ4v) is 2.79. The lowest BCUT2D eigenvalue weighted by molar-refractivity contribution is 0.0983. The van der Waals surface area contributed by atoms with E-state index >= 15 is 0 Å². The van der Waals surface area contributed by atoms with E-state index in [9.17, 15) is 4.79 Å². The molecule has 1 aromatic carbocycles. The quantitative estimate of drug-likeness (QED) is 0.895. The summed E-state index contributed by atoms with van der Waals surface area (Å²) in [6.07, 6.45) is 4.51. The molecule has 6 nitrogen and oxygen atoms in total. The van der Waals surface area contributed by atoms with Crippen LogP contribution in [0.4, 0.5) is 10.5 Å². The standard InChI is InChI=1S/C16H16Cl2N4O2/c17-11-3-1-4-13(7-11)21-16(23)22-6-2-5-14(10-22)24-15-19-8-12(18)9-20-15/h1,3-4,7-9,14H,2,5-6,10H2,(H,21,23)/t14-/m1/s1. The first-order valence-electron chi connectivity index (χ1n) is 7.56. The molecule has 1 N–H and O–H groups in total. The average Bonchev–Trinajstić information content (AvgIpc) is 2.57. The number of piperidine rings is 1. The number of urea groups is 1. The minimum Gasteiger partial charge on any atom is -0.458 e. The predicted octanol–water partition coefficient (Wildman–Crippen LogP) is 3.86. The largest absolute Gasteiger partial charge is 0.458 e. The summed E-state index contributed by atoms with van der Waals surface area (Å²) in [4.78, 5) is 22.1. The van der Waals surface area contributed by atoms with Crippen LogP contribution in [0.5, 0.6) is 6.01 Å². The molecule has 1 aromatic heterocycles. The molecule has 0 saturated carbocycles. The number of anilines is 1. The summed E-state index contributed by atoms with van der Waals surface area (Å²) in [6.45, 7) is 1.14. The van der Waals surface area contributed by atoms with Gasteiger partial charge in [-0.3, -0.25) is 0 Å². The molecule has 1 atom stereocenters. The number of likely N-dealkylation sites (tertiary alicyclic amines) is 1. The molecule has 0 radical (unpaired) electrons. The first-order chi connectivity index (χ1) is 11.6. The predicted molar refractivity (Wildman–Crippen MR) is 92.7 cm³/mol. The van der Waals surface area contributed by atoms with Crippen molar-refractivity contribution in [2.45, 2.75) is 18.9 Å². The molecule has 0 unspecified atom stereocenters. The molecule has 2 amide bonds. The second-order valence-corrected chi connectivity index (χ2v) is 6.33. The Morgan fingerprint density at radius 2 is 2.04 bits per heavy atom. The van der Waals surface area contributed by atoms with Gasteiger partial charge in [0.1, 0.15) is 6.10 Å². The molecule has 126 valence electrons. The molecular weight excluding hydrogens is 351 g/mol. The molecule has 2 heterocycles. The molecule has 0 bridgehead atoms. The van der Waals surface area contributed by atoms with Gasteiger partial charge in [-0.05, 0) is 31.0 Å². The van der Waals surface area contributed by atoms with Gasteiger partial charge in [0.25, 0.3) is 0 Å². The van der Waals surface area contributed by atoms with Gasteiger partial charge in [-0.1, -0.05) is 29.3 Å². The van der Waals surface area contributed by atoms with Gasteiger partial charge in [0, 0.05) is 17.3 Å². The Morgan fingerprint density at radius 1 is 1.25 bits per heavy atom. The molecule has 2 aromatic rings. The highest BCUT2D eigenvalue weighted by Crippen LogP contribution is 2.19. The number of hydrogen-bond acceptors (Lipinski definition) is 4. The van der Waals surface area contributed by atoms with E-state index in [2.05, 4.69) is 15.3 Å². The minimum atomic E-state index is -0.178. The molecule has 1 aliphatic heterocycles. The highest BCUT2D eigenvalue weighted by molar-refractivity contribution is 6.31. The van der Waals surface area contributed by atoms with Crippen LogP contribution in [0.2, 0.25) is 10.0 Å². The minimum absolute atomic E-state index is 0.148. The van der Waals surface area contributed by atoms with E-state index in [4.69, 9.17) is 27.9 Å². The Bertz CT molecular complexity index is 711. The fraction of sp³-hybridized carbons (Fsp3) is 0.312. The van der Waals surface area contributed by atoms with Crippen molar-refractivity contribution in [3.63, 3.8) is 0 Å². The second-order valence-electron chi connectivity index (χ2n) is 5.45. The van der Waals surface area contributed by atoms with Gasteiger partial charge in [-0.15, -0.1) is 0 Å². The molecule has 0 spiro atoms. The first-order valence-corrected chi connectivity index (χ1v) is 8.31. The molecule has 3 rings (SSSR count). The number of carbonyl (C=O) groups excluding carboxylic acids is 1. The fourth-order valence-electron chi connectivity index (χ4n) is 2.50. The monoisotopic (exact) mass is 366 g/mol. The summed E-state index contributed by atoms with van der Waals surface area (Å²) in [5.74, 6) is 0. The van der Waals surface area contributed by atoms with E-state index in [1.165, 1.54) is 12.4 Å². The zero-order valence-electron chi connectivity index (χ0n) is 12.8. The number of rotatable bonds is 3. The van der Waals surface area contributed by atoms with Crippen molar-refractivity contribution in [3.8, 4) is 6.01 Å². The van der Waals surface area contributed by atoms with Crippen molar-refractivity contribution in [1.82, 2.24) is 14.9 Å². The number of carbonyl (C=O) groups is 1. The second kappa shape index (κ2) is 7.68. The Morgan fingerprint density at radius 3 is 2.79 bits per heavy atom. The van der Waals surface area contributed by atoms with Crippen LogP contribution in [0.15, 0.2) is 36.7 Å². The summed E-state index contributed by atoms with van der Waals surface area (Å²) >= 11 is 11.7. The van der Waals surface area contributed by atoms with Crippen molar-refractivity contribution >= 4 is 34.9 Å². The molecular formula is C16H16Cl2N4O2. The average molecular weight is 367 g/mol. The number of hydrogen-bond donors (Lipinski definition) is 1. The molecule has 1 fully saturated rings. The van der Waals surface area contributed by atoms with Crippen LogP contribution < -0.4 is 10.1 Å². The third kappa shape index (κ3) is 4.49. The van der Waals surface area contributed by atoms with Crippen LogP contribution in [0.25, 0.3) is 0 Å². The highest BCUT2D eigenvalue weighted by Gasteiger charge is 2.25. The van der Waals surface area contributed by atoms with Gasteiger partial charge in [0.15, 0.2) is 0 Å². The summed E-state index contributed by atoms with van der Waals surface area (Å²) in [5, 5.41) is 3.87. The Labute approximate surface area is 149 Å². The molecule has 0 aliphatic carbocycles. The van der Waals surface area contributed by atoms with Gasteiger partial charge < -0.3 is 15.0 Å². The van der Waals surface area contributed by atoms with E-state index in [0.29, 0.717) is 28.8 Å². The van der Waals surface area contributed by atoms with E-state index < -0.39 is 0 Å². The van der Waals surface area contributed by atoms with Gasteiger partial charge in [-0.25, -0.2) is 14.8 Å². The zero-order chi connectivity index (χ0) is 16.9.